The van der Waals surface area contributed by atoms with E-state index in [0.717, 1.165) is 12.1 Å². The fourth-order valence-electron chi connectivity index (χ4n) is 3.40. The first-order valence-corrected chi connectivity index (χ1v) is 15.2. The standard InChI is InChI=1S/C24H30ClF3N2O7S2/c1-15-19(10-8-17(29)20(15)23(31)37-24(2,3)4)36-22-16(28)7-9-18(21(22)25)30(38(32,33)13-5-11-26)39(34,35)14-6-12-27/h7-10H,5-6,11-14,29H2,1-4H3. The second-order valence-corrected chi connectivity index (χ2v) is 13.9. The summed E-state index contributed by atoms with van der Waals surface area (Å²) in [5.74, 6) is -4.59. The number of ether oxygens (including phenoxy) is 2. The van der Waals surface area contributed by atoms with Crippen molar-refractivity contribution in [3.8, 4) is 11.5 Å². The number of carbonyl (C=O) groups excluding carboxylic acids is 1. The molecule has 0 aliphatic heterocycles. The minimum absolute atomic E-state index is 0.0403. The van der Waals surface area contributed by atoms with Gasteiger partial charge >= 0.3 is 5.97 Å². The molecule has 9 nitrogen and oxygen atoms in total. The maximum atomic E-state index is 14.9. The molecule has 0 amide bonds. The molecule has 2 aromatic carbocycles. The minimum Gasteiger partial charge on any atom is -0.456 e. The van der Waals surface area contributed by atoms with Crippen molar-refractivity contribution in [2.45, 2.75) is 46.1 Å². The summed E-state index contributed by atoms with van der Waals surface area (Å²) in [5, 5.41) is -0.752. The quantitative estimate of drug-likeness (QED) is 0.251. The molecule has 0 fully saturated rings. The molecule has 218 valence electrons. The third-order valence-electron chi connectivity index (χ3n) is 5.07. The van der Waals surface area contributed by atoms with Gasteiger partial charge in [0.05, 0.1) is 36.1 Å². The van der Waals surface area contributed by atoms with Crippen LogP contribution in [0.3, 0.4) is 0 Å². The van der Waals surface area contributed by atoms with Gasteiger partial charge in [-0.25, -0.2) is 26.0 Å². The van der Waals surface area contributed by atoms with Crippen LogP contribution in [0.5, 0.6) is 11.5 Å². The van der Waals surface area contributed by atoms with E-state index in [-0.39, 0.29) is 26.3 Å². The highest BCUT2D eigenvalue weighted by molar-refractivity contribution is 8.10. The Labute approximate surface area is 231 Å². The summed E-state index contributed by atoms with van der Waals surface area (Å²) in [7, 11) is -9.51. The van der Waals surface area contributed by atoms with Gasteiger partial charge in [-0.3, -0.25) is 8.78 Å². The first kappa shape index (κ1) is 32.5. The van der Waals surface area contributed by atoms with E-state index in [4.69, 9.17) is 26.8 Å². The number of nitrogens with zero attached hydrogens (tertiary/aromatic N) is 1. The average molecular weight is 615 g/mol. The molecule has 2 rings (SSSR count). The van der Waals surface area contributed by atoms with E-state index in [0.29, 0.717) is 0 Å². The SMILES string of the molecule is Cc1c(Oc2c(F)ccc(N(S(=O)(=O)CCCF)S(=O)(=O)CCCF)c2Cl)ccc(N)c1C(=O)OC(C)(C)C. The van der Waals surface area contributed by atoms with Crippen molar-refractivity contribution in [1.82, 2.24) is 0 Å². The van der Waals surface area contributed by atoms with Gasteiger partial charge in [-0.15, -0.1) is 0 Å². The highest BCUT2D eigenvalue weighted by Gasteiger charge is 2.36. The van der Waals surface area contributed by atoms with Crippen molar-refractivity contribution < 1.29 is 44.3 Å². The Bertz CT molecular complexity index is 1390. The van der Waals surface area contributed by atoms with E-state index in [9.17, 15) is 34.8 Å². The second kappa shape index (κ2) is 12.6. The van der Waals surface area contributed by atoms with Crippen molar-refractivity contribution in [1.29, 1.82) is 0 Å². The van der Waals surface area contributed by atoms with E-state index < -0.39 is 91.6 Å². The molecular weight excluding hydrogens is 585 g/mol. The molecule has 0 aliphatic rings. The van der Waals surface area contributed by atoms with E-state index in [1.807, 2.05) is 0 Å². The van der Waals surface area contributed by atoms with Crippen LogP contribution >= 0.6 is 11.6 Å². The number of nitrogens with two attached hydrogens (primary N) is 1. The lowest BCUT2D eigenvalue weighted by molar-refractivity contribution is 0.00696. The van der Waals surface area contributed by atoms with Crippen LogP contribution in [0.2, 0.25) is 5.02 Å². The van der Waals surface area contributed by atoms with Gasteiger partial charge in [-0.05, 0) is 64.8 Å². The highest BCUT2D eigenvalue weighted by atomic mass is 35.5. The summed E-state index contributed by atoms with van der Waals surface area (Å²) >= 11 is 6.31. The Kier molecular flexibility index (Phi) is 10.5. The Morgan fingerprint density at radius 2 is 1.54 bits per heavy atom. The summed E-state index contributed by atoms with van der Waals surface area (Å²) in [6.45, 7) is 4.26. The van der Waals surface area contributed by atoms with Gasteiger partial charge in [0.15, 0.2) is 11.6 Å². The topological polar surface area (TPSA) is 133 Å². The largest absolute Gasteiger partial charge is 0.456 e. The summed E-state index contributed by atoms with van der Waals surface area (Å²) in [6, 6.07) is 4.12. The van der Waals surface area contributed by atoms with Crippen LogP contribution < -0.4 is 14.2 Å². The molecule has 2 aromatic rings. The monoisotopic (exact) mass is 614 g/mol. The summed E-state index contributed by atoms with van der Waals surface area (Å²) in [6.07, 6.45) is -1.06. The van der Waals surface area contributed by atoms with Crippen LogP contribution in [0.4, 0.5) is 24.5 Å². The smallest absolute Gasteiger partial charge is 0.341 e. The Morgan fingerprint density at radius 1 is 1.00 bits per heavy atom. The number of esters is 1. The predicted octanol–water partition coefficient (Wildman–Crippen LogP) is 5.30. The van der Waals surface area contributed by atoms with Gasteiger partial charge in [0.25, 0.3) is 0 Å². The van der Waals surface area contributed by atoms with Crippen molar-refractivity contribution in [3.63, 3.8) is 0 Å². The van der Waals surface area contributed by atoms with Crippen LogP contribution in [0.15, 0.2) is 24.3 Å². The molecule has 0 spiro atoms. The number of alkyl halides is 2. The molecule has 15 heteroatoms. The predicted molar refractivity (Wildman–Crippen MR) is 143 cm³/mol. The normalized spacial score (nSPS) is 12.3. The molecule has 2 N–H and O–H groups in total. The van der Waals surface area contributed by atoms with Crippen LogP contribution in [0.1, 0.15) is 49.5 Å². The van der Waals surface area contributed by atoms with Crippen LogP contribution in [0, 0.1) is 12.7 Å². The first-order chi connectivity index (χ1) is 18.0. The number of hydrogen-bond acceptors (Lipinski definition) is 8. The van der Waals surface area contributed by atoms with E-state index in [2.05, 4.69) is 0 Å². The number of rotatable bonds is 12. The zero-order valence-corrected chi connectivity index (χ0v) is 24.2. The van der Waals surface area contributed by atoms with Crippen LogP contribution in [-0.4, -0.2) is 53.3 Å². The number of benzene rings is 2. The van der Waals surface area contributed by atoms with Gasteiger partial charge in [0.1, 0.15) is 16.4 Å². The molecule has 39 heavy (non-hydrogen) atoms. The van der Waals surface area contributed by atoms with Gasteiger partial charge in [-0.2, -0.15) is 3.71 Å². The summed E-state index contributed by atoms with van der Waals surface area (Å²) < 4.78 is 103. The number of sulfonamides is 2. The molecular formula is C24H30ClF3N2O7S2. The molecule has 0 heterocycles. The fraction of sp³-hybridized carbons (Fsp3) is 0.458. The molecule has 0 saturated carbocycles. The third kappa shape index (κ3) is 7.92. The molecule has 0 unspecified atom stereocenters. The minimum atomic E-state index is -4.76. The first-order valence-electron chi connectivity index (χ1n) is 11.6. The molecule has 0 aromatic heterocycles. The summed E-state index contributed by atoms with van der Waals surface area (Å²) in [4.78, 5) is 12.7. The van der Waals surface area contributed by atoms with E-state index >= 15 is 0 Å². The van der Waals surface area contributed by atoms with Crippen molar-refractivity contribution >= 4 is 49.0 Å². The Hall–Kier alpha value is -2.71. The van der Waals surface area contributed by atoms with Gasteiger partial charge in [0, 0.05) is 11.3 Å². The van der Waals surface area contributed by atoms with E-state index in [1.54, 1.807) is 20.8 Å². The third-order valence-corrected chi connectivity index (χ3v) is 9.81. The molecule has 0 saturated heterocycles. The number of halogens is 4. The molecule has 0 atom stereocenters. The van der Waals surface area contributed by atoms with Crippen LogP contribution in [-0.2, 0) is 24.8 Å². The van der Waals surface area contributed by atoms with Crippen molar-refractivity contribution in [3.05, 3.63) is 46.2 Å². The second-order valence-electron chi connectivity index (χ2n) is 9.38. The Balaban J connectivity index is 2.68. The number of anilines is 2. The molecule has 0 bridgehead atoms. The number of hydrogen-bond donors (Lipinski definition) is 1. The van der Waals surface area contributed by atoms with Gasteiger partial charge in [-0.1, -0.05) is 11.6 Å². The fourth-order valence-corrected chi connectivity index (χ4v) is 7.79. The molecule has 0 radical (unpaired) electrons. The Morgan fingerprint density at radius 3 is 2.03 bits per heavy atom. The lowest BCUT2D eigenvalue weighted by atomic mass is 10.0. The van der Waals surface area contributed by atoms with Crippen LogP contribution in [0.25, 0.3) is 0 Å². The van der Waals surface area contributed by atoms with Crippen molar-refractivity contribution in [2.75, 3.05) is 34.3 Å². The van der Waals surface area contributed by atoms with E-state index in [1.165, 1.54) is 19.1 Å². The molecule has 0 aliphatic carbocycles. The lowest BCUT2D eigenvalue weighted by Gasteiger charge is -2.26. The summed E-state index contributed by atoms with van der Waals surface area (Å²) in [5.41, 5.74) is 4.49. The average Bonchev–Trinajstić information content (AvgIpc) is 2.81. The van der Waals surface area contributed by atoms with Gasteiger partial charge < -0.3 is 15.2 Å². The number of nitrogen functional groups attached to an aromatic ring is 1. The number of carbonyl (C=O) groups is 1. The zero-order chi connectivity index (χ0) is 29.8. The lowest BCUT2D eigenvalue weighted by Crippen LogP contribution is -2.40. The maximum Gasteiger partial charge on any atom is 0.341 e. The van der Waals surface area contributed by atoms with Gasteiger partial charge in [0.2, 0.25) is 20.0 Å². The highest BCUT2D eigenvalue weighted by Crippen LogP contribution is 2.43. The maximum absolute atomic E-state index is 14.9. The zero-order valence-electron chi connectivity index (χ0n) is 21.8. The van der Waals surface area contributed by atoms with Crippen molar-refractivity contribution in [2.24, 2.45) is 0 Å².